The highest BCUT2D eigenvalue weighted by molar-refractivity contribution is 8.22. The fourth-order valence-corrected chi connectivity index (χ4v) is 2.38. The van der Waals surface area contributed by atoms with Gasteiger partial charge in [0.15, 0.2) is 0 Å². The van der Waals surface area contributed by atoms with Crippen LogP contribution in [0.3, 0.4) is 0 Å². The number of carbonyl (C=O) groups is 1. The van der Waals surface area contributed by atoms with E-state index in [9.17, 15) is 4.79 Å². The molecule has 1 aliphatic heterocycles. The number of aliphatic hydroxyl groups is 1. The largest absolute Gasteiger partial charge is 0.438 e. The summed E-state index contributed by atoms with van der Waals surface area (Å²) >= 11 is 2.89. The summed E-state index contributed by atoms with van der Waals surface area (Å²) in [5.41, 5.74) is 0. The number of hydrogen-bond acceptors (Lipinski definition) is 6. The van der Waals surface area contributed by atoms with E-state index in [-0.39, 0.29) is 24.6 Å². The predicted octanol–water partition coefficient (Wildman–Crippen LogP) is 0.773. The molecule has 0 saturated heterocycles. The lowest BCUT2D eigenvalue weighted by molar-refractivity contribution is -0.148. The van der Waals surface area contributed by atoms with Crippen LogP contribution >= 0.6 is 23.5 Å². The van der Waals surface area contributed by atoms with Crippen molar-refractivity contribution in [2.75, 3.05) is 19.8 Å². The Morgan fingerprint density at radius 3 is 2.77 bits per heavy atom. The fraction of sp³-hybridized carbons (Fsp3) is 0.571. The van der Waals surface area contributed by atoms with Gasteiger partial charge < -0.3 is 14.6 Å². The molecule has 0 unspecified atom stereocenters. The lowest BCUT2D eigenvalue weighted by Crippen LogP contribution is -2.17. The Labute approximate surface area is 84.7 Å². The van der Waals surface area contributed by atoms with Crippen molar-refractivity contribution in [3.05, 3.63) is 10.8 Å². The van der Waals surface area contributed by atoms with Crippen LogP contribution in [0.2, 0.25) is 0 Å². The van der Waals surface area contributed by atoms with E-state index < -0.39 is 5.97 Å². The molecular weight excluding hydrogens is 212 g/mol. The first-order chi connectivity index (χ1) is 6.33. The first-order valence-electron chi connectivity index (χ1n) is 3.67. The van der Waals surface area contributed by atoms with Crippen LogP contribution in [0.15, 0.2) is 10.8 Å². The predicted molar refractivity (Wildman–Crippen MR) is 52.1 cm³/mol. The van der Waals surface area contributed by atoms with Gasteiger partial charge in [-0.05, 0) is 10.8 Å². The molecule has 0 aromatic carbocycles. The van der Waals surface area contributed by atoms with E-state index in [2.05, 4.69) is 0 Å². The average Bonchev–Trinajstić information content (AvgIpc) is 2.57. The number of rotatable bonds is 5. The van der Waals surface area contributed by atoms with Crippen molar-refractivity contribution in [3.8, 4) is 0 Å². The number of thioether (sulfide) groups is 2. The van der Waals surface area contributed by atoms with E-state index in [0.29, 0.717) is 0 Å². The van der Waals surface area contributed by atoms with Gasteiger partial charge in [-0.25, -0.2) is 4.79 Å². The lowest BCUT2D eigenvalue weighted by atomic mass is 10.7. The second-order valence-electron chi connectivity index (χ2n) is 2.10. The van der Waals surface area contributed by atoms with Crippen LogP contribution in [-0.4, -0.2) is 35.7 Å². The van der Waals surface area contributed by atoms with Crippen molar-refractivity contribution >= 4 is 29.5 Å². The van der Waals surface area contributed by atoms with Gasteiger partial charge in [0.05, 0.1) is 13.2 Å². The molecule has 0 aliphatic carbocycles. The highest BCUT2D eigenvalue weighted by atomic mass is 32.2. The van der Waals surface area contributed by atoms with E-state index >= 15 is 0 Å². The highest BCUT2D eigenvalue weighted by Gasteiger charge is 2.16. The molecule has 0 radical (unpaired) electrons. The summed E-state index contributed by atoms with van der Waals surface area (Å²) in [6, 6.07) is 0. The molecule has 0 aromatic rings. The number of hydrogen-bond donors (Lipinski definition) is 1. The number of carbonyl (C=O) groups excluding carboxylic acids is 1. The minimum absolute atomic E-state index is 0.0816. The Kier molecular flexibility index (Phi) is 5.29. The topological polar surface area (TPSA) is 55.8 Å². The van der Waals surface area contributed by atoms with Gasteiger partial charge in [0.1, 0.15) is 6.61 Å². The smallest absolute Gasteiger partial charge is 0.333 e. The normalized spacial score (nSPS) is 16.4. The molecule has 0 saturated carbocycles. The third-order valence-corrected chi connectivity index (χ3v) is 3.18. The number of esters is 1. The molecule has 1 N–H and O–H groups in total. The van der Waals surface area contributed by atoms with Gasteiger partial charge in [0.2, 0.25) is 4.77 Å². The molecule has 6 heteroatoms. The lowest BCUT2D eigenvalue weighted by Gasteiger charge is -2.09. The number of aliphatic hydroxyl groups excluding tert-OH is 1. The molecule has 0 aromatic heterocycles. The van der Waals surface area contributed by atoms with Gasteiger partial charge >= 0.3 is 5.97 Å². The average molecular weight is 222 g/mol. The molecule has 4 nitrogen and oxygen atoms in total. The molecule has 0 bridgehead atoms. The third kappa shape index (κ3) is 4.56. The molecule has 0 atom stereocenters. The molecule has 0 amide bonds. The minimum atomic E-state index is -0.401. The molecular formula is C7H10O4S2. The van der Waals surface area contributed by atoms with Gasteiger partial charge in [0, 0.05) is 0 Å². The Balaban J connectivity index is 2.03. The Bertz CT molecular complexity index is 187. The zero-order valence-corrected chi connectivity index (χ0v) is 8.47. The summed E-state index contributed by atoms with van der Waals surface area (Å²) in [4.78, 5) is 11.0. The van der Waals surface area contributed by atoms with Crippen molar-refractivity contribution in [2.24, 2.45) is 0 Å². The van der Waals surface area contributed by atoms with Gasteiger partial charge in [-0.1, -0.05) is 23.5 Å². The second kappa shape index (κ2) is 6.31. The van der Waals surface area contributed by atoms with Gasteiger partial charge in [0.25, 0.3) is 0 Å². The summed E-state index contributed by atoms with van der Waals surface area (Å²) in [6.07, 6.45) is 0. The van der Waals surface area contributed by atoms with Crippen molar-refractivity contribution in [3.63, 3.8) is 0 Å². The van der Waals surface area contributed by atoms with Crippen molar-refractivity contribution < 1.29 is 19.4 Å². The SMILES string of the molecule is O=C(COCCO)OC1SC=CS1. The van der Waals surface area contributed by atoms with E-state index in [1.807, 2.05) is 10.8 Å². The molecule has 1 heterocycles. The monoisotopic (exact) mass is 222 g/mol. The molecule has 1 rings (SSSR count). The second-order valence-corrected chi connectivity index (χ2v) is 4.34. The maximum Gasteiger partial charge on any atom is 0.333 e. The first-order valence-corrected chi connectivity index (χ1v) is 5.55. The summed E-state index contributed by atoms with van der Waals surface area (Å²) in [7, 11) is 0. The standard InChI is InChI=1S/C7H10O4S2/c8-1-2-10-5-6(9)11-7-12-3-4-13-7/h3-4,7-8H,1-2,5H2. The Hall–Kier alpha value is -0.170. The van der Waals surface area contributed by atoms with Crippen LogP contribution in [0.4, 0.5) is 0 Å². The zero-order valence-electron chi connectivity index (χ0n) is 6.84. The Morgan fingerprint density at radius 2 is 2.15 bits per heavy atom. The molecule has 74 valence electrons. The minimum Gasteiger partial charge on any atom is -0.438 e. The van der Waals surface area contributed by atoms with Crippen molar-refractivity contribution in [1.29, 1.82) is 0 Å². The Morgan fingerprint density at radius 1 is 1.46 bits per heavy atom. The van der Waals surface area contributed by atoms with Crippen molar-refractivity contribution in [2.45, 2.75) is 4.77 Å². The fourth-order valence-electron chi connectivity index (χ4n) is 0.641. The van der Waals surface area contributed by atoms with Crippen LogP contribution in [0, 0.1) is 0 Å². The maximum atomic E-state index is 11.0. The summed E-state index contributed by atoms with van der Waals surface area (Å²) in [5.74, 6) is -0.401. The summed E-state index contributed by atoms with van der Waals surface area (Å²) in [6.45, 7) is -0.0156. The quantitative estimate of drug-likeness (QED) is 0.548. The summed E-state index contributed by atoms with van der Waals surface area (Å²) < 4.78 is 9.59. The van der Waals surface area contributed by atoms with Crippen molar-refractivity contribution in [1.82, 2.24) is 0 Å². The molecule has 13 heavy (non-hydrogen) atoms. The van der Waals surface area contributed by atoms with E-state index in [4.69, 9.17) is 14.6 Å². The van der Waals surface area contributed by atoms with Gasteiger partial charge in [-0.15, -0.1) is 0 Å². The zero-order chi connectivity index (χ0) is 9.52. The van der Waals surface area contributed by atoms with Crippen LogP contribution < -0.4 is 0 Å². The third-order valence-electron chi connectivity index (χ3n) is 1.12. The van der Waals surface area contributed by atoms with E-state index in [0.717, 1.165) is 0 Å². The highest BCUT2D eigenvalue weighted by Crippen LogP contribution is 2.33. The molecule has 1 aliphatic rings. The van der Waals surface area contributed by atoms with E-state index in [1.54, 1.807) is 0 Å². The summed E-state index contributed by atoms with van der Waals surface area (Å²) in [5, 5.41) is 12.1. The van der Waals surface area contributed by atoms with E-state index in [1.165, 1.54) is 23.5 Å². The molecule has 0 fully saturated rings. The van der Waals surface area contributed by atoms with Crippen LogP contribution in [0.1, 0.15) is 0 Å². The van der Waals surface area contributed by atoms with Crippen LogP contribution in [-0.2, 0) is 14.3 Å². The van der Waals surface area contributed by atoms with Gasteiger partial charge in [-0.2, -0.15) is 0 Å². The van der Waals surface area contributed by atoms with Gasteiger partial charge in [-0.3, -0.25) is 0 Å². The first kappa shape index (κ1) is 10.9. The van der Waals surface area contributed by atoms with Crippen LogP contribution in [0.25, 0.3) is 0 Å². The maximum absolute atomic E-state index is 11.0. The molecule has 0 spiro atoms. The number of ether oxygens (including phenoxy) is 2. The van der Waals surface area contributed by atoms with Crippen LogP contribution in [0.5, 0.6) is 0 Å².